The summed E-state index contributed by atoms with van der Waals surface area (Å²) in [4.78, 5) is 25.8. The summed E-state index contributed by atoms with van der Waals surface area (Å²) in [5.74, 6) is -1.83. The first-order chi connectivity index (χ1) is 15.4. The SMILES string of the molecule is CC(=O)C(C=C(N)c1ncc(F)c(N2CCS(=O)(=O)C(C)(C)C2)n1)=NCc1ccccc1F. The molecule has 2 N–H and O–H groups in total. The Kier molecular flexibility index (Phi) is 6.92. The fraction of sp³-hybridized carbons (Fsp3) is 0.364. The van der Waals surface area contributed by atoms with E-state index >= 15 is 0 Å². The van der Waals surface area contributed by atoms with Crippen molar-refractivity contribution in [3.8, 4) is 0 Å². The molecule has 1 fully saturated rings. The Hall–Kier alpha value is -3.21. The van der Waals surface area contributed by atoms with Gasteiger partial charge in [-0.15, -0.1) is 0 Å². The van der Waals surface area contributed by atoms with Gasteiger partial charge in [0.05, 0.1) is 28.9 Å². The number of halogens is 2. The molecule has 1 aliphatic rings. The number of nitrogens with zero attached hydrogens (tertiary/aromatic N) is 4. The highest BCUT2D eigenvalue weighted by Gasteiger charge is 2.41. The number of carbonyl (C=O) groups is 1. The third kappa shape index (κ3) is 5.41. The summed E-state index contributed by atoms with van der Waals surface area (Å²) in [6, 6.07) is 6.06. The molecule has 8 nitrogen and oxygen atoms in total. The molecular formula is C22H25F2N5O3S. The van der Waals surface area contributed by atoms with Crippen LogP contribution in [-0.2, 0) is 21.2 Å². The van der Waals surface area contributed by atoms with Crippen LogP contribution < -0.4 is 10.6 Å². The van der Waals surface area contributed by atoms with Crippen LogP contribution in [0.25, 0.3) is 5.70 Å². The molecule has 0 saturated carbocycles. The molecule has 0 amide bonds. The maximum Gasteiger partial charge on any atom is 0.183 e. The van der Waals surface area contributed by atoms with Gasteiger partial charge in [-0.25, -0.2) is 27.2 Å². The van der Waals surface area contributed by atoms with E-state index in [1.807, 2.05) is 0 Å². The second kappa shape index (κ2) is 9.34. The first kappa shape index (κ1) is 24.4. The molecule has 1 aromatic carbocycles. The van der Waals surface area contributed by atoms with Crippen LogP contribution in [0.15, 0.2) is 41.5 Å². The van der Waals surface area contributed by atoms with Gasteiger partial charge in [0.25, 0.3) is 0 Å². The number of anilines is 1. The van der Waals surface area contributed by atoms with Gasteiger partial charge in [-0.1, -0.05) is 18.2 Å². The van der Waals surface area contributed by atoms with Crippen LogP contribution in [0, 0.1) is 11.6 Å². The first-order valence-electron chi connectivity index (χ1n) is 10.2. The Labute approximate surface area is 191 Å². The number of aromatic nitrogens is 2. The van der Waals surface area contributed by atoms with Crippen molar-refractivity contribution in [2.45, 2.75) is 32.1 Å². The summed E-state index contributed by atoms with van der Waals surface area (Å²) in [7, 11) is -3.32. The van der Waals surface area contributed by atoms with Crippen molar-refractivity contribution in [1.29, 1.82) is 0 Å². The van der Waals surface area contributed by atoms with Crippen molar-refractivity contribution in [2.75, 3.05) is 23.7 Å². The summed E-state index contributed by atoms with van der Waals surface area (Å²) in [6.45, 7) is 4.50. The number of sulfone groups is 1. The lowest BCUT2D eigenvalue weighted by molar-refractivity contribution is -0.111. The Bertz CT molecular complexity index is 1240. The zero-order valence-electron chi connectivity index (χ0n) is 18.5. The van der Waals surface area contributed by atoms with Crippen LogP contribution in [0.4, 0.5) is 14.6 Å². The number of carbonyl (C=O) groups excluding carboxylic acids is 1. The average Bonchev–Trinajstić information content (AvgIpc) is 2.74. The number of hydrogen-bond acceptors (Lipinski definition) is 8. The molecule has 1 aromatic heterocycles. The molecule has 176 valence electrons. The molecule has 33 heavy (non-hydrogen) atoms. The van der Waals surface area contributed by atoms with Gasteiger partial charge in [0.15, 0.2) is 33.1 Å². The van der Waals surface area contributed by atoms with E-state index in [0.29, 0.717) is 5.56 Å². The second-order valence-electron chi connectivity index (χ2n) is 8.31. The average molecular weight is 478 g/mol. The minimum atomic E-state index is -3.32. The Morgan fingerprint density at radius 3 is 2.61 bits per heavy atom. The number of nitrogens with two attached hydrogens (primary N) is 1. The van der Waals surface area contributed by atoms with Gasteiger partial charge in [0.2, 0.25) is 0 Å². The molecule has 0 aliphatic carbocycles. The third-order valence-corrected chi connectivity index (χ3v) is 7.89. The van der Waals surface area contributed by atoms with Crippen LogP contribution in [0.1, 0.15) is 32.2 Å². The minimum Gasteiger partial charge on any atom is -0.396 e. The largest absolute Gasteiger partial charge is 0.396 e. The van der Waals surface area contributed by atoms with Crippen LogP contribution in [0.2, 0.25) is 0 Å². The van der Waals surface area contributed by atoms with E-state index in [4.69, 9.17) is 5.73 Å². The summed E-state index contributed by atoms with van der Waals surface area (Å²) in [5.41, 5.74) is 6.32. The zero-order chi connectivity index (χ0) is 24.4. The standard InChI is InChI=1S/C22H25F2N5O3S/c1-14(30)19(26-11-15-6-4-5-7-16(15)23)10-18(25)20-27-12-17(24)21(28-20)29-8-9-33(31,32)22(2,3)13-29/h4-7,10,12H,8-9,11,13,25H2,1-3H3. The highest BCUT2D eigenvalue weighted by molar-refractivity contribution is 7.92. The van der Waals surface area contributed by atoms with Crippen LogP contribution in [0.3, 0.4) is 0 Å². The van der Waals surface area contributed by atoms with Crippen LogP contribution in [-0.4, -0.2) is 53.5 Å². The van der Waals surface area contributed by atoms with E-state index in [1.165, 1.54) is 24.0 Å². The highest BCUT2D eigenvalue weighted by Crippen LogP contribution is 2.28. The summed E-state index contributed by atoms with van der Waals surface area (Å²) in [6.07, 6.45) is 2.20. The Balaban J connectivity index is 1.90. The molecule has 0 unspecified atom stereocenters. The Morgan fingerprint density at radius 2 is 1.97 bits per heavy atom. The number of benzene rings is 1. The molecule has 0 bridgehead atoms. The molecule has 11 heteroatoms. The minimum absolute atomic E-state index is 0.0181. The van der Waals surface area contributed by atoms with Crippen molar-refractivity contribution >= 4 is 32.8 Å². The van der Waals surface area contributed by atoms with Gasteiger partial charge < -0.3 is 10.6 Å². The van der Waals surface area contributed by atoms with Gasteiger partial charge in [0, 0.05) is 25.6 Å². The quantitative estimate of drug-likeness (QED) is 0.634. The van der Waals surface area contributed by atoms with E-state index in [2.05, 4.69) is 15.0 Å². The van der Waals surface area contributed by atoms with E-state index in [1.54, 1.807) is 32.0 Å². The topological polar surface area (TPSA) is 119 Å². The summed E-state index contributed by atoms with van der Waals surface area (Å²) < 4.78 is 51.8. The van der Waals surface area contributed by atoms with Crippen LogP contribution in [0.5, 0.6) is 0 Å². The normalized spacial score (nSPS) is 18.3. The highest BCUT2D eigenvalue weighted by atomic mass is 32.2. The monoisotopic (exact) mass is 477 g/mol. The van der Waals surface area contributed by atoms with Crippen molar-refractivity contribution < 1.29 is 22.0 Å². The lowest BCUT2D eigenvalue weighted by Crippen LogP contribution is -2.53. The number of allylic oxidation sites excluding steroid dienone is 1. The number of aliphatic imine (C=N–C) groups is 1. The summed E-state index contributed by atoms with van der Waals surface area (Å²) in [5, 5.41) is 0. The molecule has 0 radical (unpaired) electrons. The van der Waals surface area contributed by atoms with Gasteiger partial charge in [-0.2, -0.15) is 0 Å². The van der Waals surface area contributed by atoms with Crippen molar-refractivity contribution in [3.05, 3.63) is 59.6 Å². The molecule has 1 aliphatic heterocycles. The smallest absolute Gasteiger partial charge is 0.183 e. The molecule has 0 spiro atoms. The predicted octanol–water partition coefficient (Wildman–Crippen LogP) is 2.30. The molecule has 1 saturated heterocycles. The lowest BCUT2D eigenvalue weighted by atomic mass is 10.2. The molecule has 2 heterocycles. The zero-order valence-corrected chi connectivity index (χ0v) is 19.4. The van der Waals surface area contributed by atoms with E-state index < -0.39 is 32.0 Å². The van der Waals surface area contributed by atoms with Gasteiger partial charge in [-0.3, -0.25) is 9.79 Å². The van der Waals surface area contributed by atoms with Gasteiger partial charge in [-0.05, 0) is 26.0 Å². The first-order valence-corrected chi connectivity index (χ1v) is 11.8. The van der Waals surface area contributed by atoms with Crippen molar-refractivity contribution in [2.24, 2.45) is 10.7 Å². The molecule has 2 aromatic rings. The number of Topliss-reactive ketones (excluding diaryl/α,β-unsaturated/α-hetero) is 1. The third-order valence-electron chi connectivity index (χ3n) is 5.36. The van der Waals surface area contributed by atoms with Gasteiger partial charge >= 0.3 is 0 Å². The molecule has 3 rings (SSSR count). The number of hydrogen-bond donors (Lipinski definition) is 1. The summed E-state index contributed by atoms with van der Waals surface area (Å²) >= 11 is 0. The van der Waals surface area contributed by atoms with E-state index in [0.717, 1.165) is 6.20 Å². The second-order valence-corrected chi connectivity index (χ2v) is 11.1. The maximum absolute atomic E-state index is 14.5. The predicted molar refractivity (Wildman–Crippen MR) is 122 cm³/mol. The van der Waals surface area contributed by atoms with Crippen molar-refractivity contribution in [3.63, 3.8) is 0 Å². The molecule has 0 atom stereocenters. The van der Waals surface area contributed by atoms with E-state index in [-0.39, 0.29) is 48.4 Å². The van der Waals surface area contributed by atoms with Crippen LogP contribution >= 0.6 is 0 Å². The maximum atomic E-state index is 14.5. The fourth-order valence-corrected chi connectivity index (χ4v) is 4.68. The van der Waals surface area contributed by atoms with Gasteiger partial charge in [0.1, 0.15) is 11.5 Å². The fourth-order valence-electron chi connectivity index (χ4n) is 3.31. The number of rotatable bonds is 6. The molecular weight excluding hydrogens is 452 g/mol. The number of ketones is 1. The van der Waals surface area contributed by atoms with Crippen molar-refractivity contribution in [1.82, 2.24) is 9.97 Å². The Morgan fingerprint density at radius 1 is 1.27 bits per heavy atom. The lowest BCUT2D eigenvalue weighted by Gasteiger charge is -2.38. The van der Waals surface area contributed by atoms with E-state index in [9.17, 15) is 22.0 Å².